The van der Waals surface area contributed by atoms with Gasteiger partial charge >= 0.3 is 0 Å². The molecule has 0 aromatic rings. The standard InChI is InChI=1S/C21H42O3/c1-15(2)18-10-9-11-19(16(3)4)20(18)24-14-21(12-22-7,13-23-8)17(5)6/h15-20H,9-14H2,1-8H3. The average Bonchev–Trinajstić information content (AvgIpc) is 2.52. The van der Waals surface area contributed by atoms with Gasteiger partial charge in [-0.3, -0.25) is 0 Å². The van der Waals surface area contributed by atoms with Crippen LogP contribution in [0.15, 0.2) is 0 Å². The highest BCUT2D eigenvalue weighted by Gasteiger charge is 2.41. The third-order valence-corrected chi connectivity index (χ3v) is 6.28. The predicted molar refractivity (Wildman–Crippen MR) is 101 cm³/mol. The van der Waals surface area contributed by atoms with Crippen LogP contribution >= 0.6 is 0 Å². The van der Waals surface area contributed by atoms with Crippen molar-refractivity contribution in [2.75, 3.05) is 34.0 Å². The van der Waals surface area contributed by atoms with Crippen LogP contribution in [0.25, 0.3) is 0 Å². The van der Waals surface area contributed by atoms with Gasteiger partial charge in [-0.05, 0) is 42.4 Å². The van der Waals surface area contributed by atoms with E-state index in [1.165, 1.54) is 19.3 Å². The van der Waals surface area contributed by atoms with Crippen molar-refractivity contribution in [2.45, 2.75) is 66.9 Å². The molecule has 3 heteroatoms. The lowest BCUT2D eigenvalue weighted by atomic mass is 9.70. The van der Waals surface area contributed by atoms with Gasteiger partial charge in [-0.1, -0.05) is 48.0 Å². The molecule has 0 aliphatic heterocycles. The number of hydrogen-bond donors (Lipinski definition) is 0. The lowest BCUT2D eigenvalue weighted by Gasteiger charge is -2.45. The fourth-order valence-corrected chi connectivity index (χ4v) is 4.37. The van der Waals surface area contributed by atoms with E-state index < -0.39 is 0 Å². The van der Waals surface area contributed by atoms with Crippen LogP contribution in [-0.2, 0) is 14.2 Å². The second-order valence-corrected chi connectivity index (χ2v) is 8.91. The summed E-state index contributed by atoms with van der Waals surface area (Å²) in [7, 11) is 3.56. The maximum absolute atomic E-state index is 6.70. The summed E-state index contributed by atoms with van der Waals surface area (Å²) in [4.78, 5) is 0. The first-order chi connectivity index (χ1) is 11.3. The quantitative estimate of drug-likeness (QED) is 0.557. The van der Waals surface area contributed by atoms with Gasteiger partial charge in [-0.25, -0.2) is 0 Å². The van der Waals surface area contributed by atoms with Gasteiger partial charge in [0.2, 0.25) is 0 Å². The first-order valence-corrected chi connectivity index (χ1v) is 9.88. The molecule has 144 valence electrons. The summed E-state index contributed by atoms with van der Waals surface area (Å²) in [5, 5.41) is 0. The summed E-state index contributed by atoms with van der Waals surface area (Å²) in [5.41, 5.74) is -0.0655. The number of ether oxygens (including phenoxy) is 3. The molecule has 1 saturated carbocycles. The van der Waals surface area contributed by atoms with Gasteiger partial charge in [0.15, 0.2) is 0 Å². The molecule has 0 spiro atoms. The Morgan fingerprint density at radius 2 is 1.25 bits per heavy atom. The van der Waals surface area contributed by atoms with Gasteiger partial charge in [-0.2, -0.15) is 0 Å². The van der Waals surface area contributed by atoms with Gasteiger partial charge in [-0.15, -0.1) is 0 Å². The van der Waals surface area contributed by atoms with Gasteiger partial charge in [0.05, 0.1) is 25.9 Å². The van der Waals surface area contributed by atoms with E-state index >= 15 is 0 Å². The van der Waals surface area contributed by atoms with Crippen LogP contribution in [0.3, 0.4) is 0 Å². The van der Waals surface area contributed by atoms with E-state index in [9.17, 15) is 0 Å². The van der Waals surface area contributed by atoms with Crippen molar-refractivity contribution in [2.24, 2.45) is 35.0 Å². The van der Waals surface area contributed by atoms with E-state index in [-0.39, 0.29) is 5.41 Å². The molecule has 0 aromatic carbocycles. The van der Waals surface area contributed by atoms with Gasteiger partial charge < -0.3 is 14.2 Å². The second-order valence-electron chi connectivity index (χ2n) is 8.91. The summed E-state index contributed by atoms with van der Waals surface area (Å²) in [5.74, 6) is 3.14. The summed E-state index contributed by atoms with van der Waals surface area (Å²) < 4.78 is 17.8. The van der Waals surface area contributed by atoms with E-state index in [0.29, 0.717) is 48.9 Å². The molecule has 3 nitrogen and oxygen atoms in total. The maximum Gasteiger partial charge on any atom is 0.0636 e. The monoisotopic (exact) mass is 342 g/mol. The molecule has 0 heterocycles. The Morgan fingerprint density at radius 3 is 1.58 bits per heavy atom. The third kappa shape index (κ3) is 5.44. The van der Waals surface area contributed by atoms with Gasteiger partial charge in [0.25, 0.3) is 0 Å². The minimum Gasteiger partial charge on any atom is -0.384 e. The highest BCUT2D eigenvalue weighted by atomic mass is 16.5. The molecule has 24 heavy (non-hydrogen) atoms. The van der Waals surface area contributed by atoms with Gasteiger partial charge in [0, 0.05) is 19.6 Å². The molecule has 0 bridgehead atoms. The molecular formula is C21H42O3. The van der Waals surface area contributed by atoms with E-state index in [4.69, 9.17) is 14.2 Å². The van der Waals surface area contributed by atoms with E-state index in [2.05, 4.69) is 41.5 Å². The Morgan fingerprint density at radius 1 is 0.792 bits per heavy atom. The van der Waals surface area contributed by atoms with Crippen molar-refractivity contribution < 1.29 is 14.2 Å². The molecule has 0 N–H and O–H groups in total. The largest absolute Gasteiger partial charge is 0.384 e. The zero-order valence-electron chi connectivity index (χ0n) is 17.4. The average molecular weight is 343 g/mol. The smallest absolute Gasteiger partial charge is 0.0636 e. The Kier molecular flexibility index (Phi) is 9.25. The van der Waals surface area contributed by atoms with Gasteiger partial charge in [0.1, 0.15) is 0 Å². The van der Waals surface area contributed by atoms with Crippen LogP contribution < -0.4 is 0 Å². The first kappa shape index (κ1) is 21.9. The molecule has 1 fully saturated rings. The molecule has 0 radical (unpaired) electrons. The van der Waals surface area contributed by atoms with Crippen LogP contribution in [0, 0.1) is 35.0 Å². The Hall–Kier alpha value is -0.120. The normalized spacial score (nSPS) is 25.9. The lowest BCUT2D eigenvalue weighted by Crippen LogP contribution is -2.47. The molecule has 1 rings (SSSR count). The molecule has 0 aromatic heterocycles. The van der Waals surface area contributed by atoms with Crippen LogP contribution in [0.2, 0.25) is 0 Å². The highest BCUT2D eigenvalue weighted by Crippen LogP contribution is 2.41. The van der Waals surface area contributed by atoms with Crippen molar-refractivity contribution in [1.82, 2.24) is 0 Å². The lowest BCUT2D eigenvalue weighted by molar-refractivity contribution is -0.138. The van der Waals surface area contributed by atoms with Crippen LogP contribution in [0.5, 0.6) is 0 Å². The molecule has 2 unspecified atom stereocenters. The molecule has 2 atom stereocenters. The summed E-state index contributed by atoms with van der Waals surface area (Å²) in [6, 6.07) is 0. The topological polar surface area (TPSA) is 27.7 Å². The predicted octanol–water partition coefficient (Wildman–Crippen LogP) is 5.04. The van der Waals surface area contributed by atoms with Crippen molar-refractivity contribution >= 4 is 0 Å². The Bertz CT molecular complexity index is 316. The molecule has 0 amide bonds. The van der Waals surface area contributed by atoms with Crippen LogP contribution in [0.1, 0.15) is 60.8 Å². The fraction of sp³-hybridized carbons (Fsp3) is 1.00. The highest BCUT2D eigenvalue weighted by molar-refractivity contribution is 4.89. The molecule has 0 saturated heterocycles. The summed E-state index contributed by atoms with van der Waals surface area (Å²) >= 11 is 0. The van der Waals surface area contributed by atoms with E-state index in [1.54, 1.807) is 14.2 Å². The van der Waals surface area contributed by atoms with Crippen LogP contribution in [0.4, 0.5) is 0 Å². The van der Waals surface area contributed by atoms with Crippen molar-refractivity contribution in [3.63, 3.8) is 0 Å². The SMILES string of the molecule is COCC(COC)(COC1C(C(C)C)CCCC1C(C)C)C(C)C. The van der Waals surface area contributed by atoms with Crippen molar-refractivity contribution in [3.8, 4) is 0 Å². The number of methoxy groups -OCH3 is 2. The minimum absolute atomic E-state index is 0.0655. The summed E-state index contributed by atoms with van der Waals surface area (Å²) in [6.07, 6.45) is 4.31. The minimum atomic E-state index is -0.0655. The van der Waals surface area contributed by atoms with Crippen molar-refractivity contribution in [3.05, 3.63) is 0 Å². The van der Waals surface area contributed by atoms with E-state index in [1.807, 2.05) is 0 Å². The van der Waals surface area contributed by atoms with Crippen molar-refractivity contribution in [1.29, 1.82) is 0 Å². The second kappa shape index (κ2) is 10.1. The fourth-order valence-electron chi connectivity index (χ4n) is 4.37. The Balaban J connectivity index is 2.93. The van der Waals surface area contributed by atoms with Crippen LogP contribution in [-0.4, -0.2) is 40.1 Å². The van der Waals surface area contributed by atoms with E-state index in [0.717, 1.165) is 6.61 Å². The number of hydrogen-bond acceptors (Lipinski definition) is 3. The number of rotatable bonds is 10. The molecular weight excluding hydrogens is 300 g/mol. The summed E-state index contributed by atoms with van der Waals surface area (Å²) in [6.45, 7) is 16.0. The third-order valence-electron chi connectivity index (χ3n) is 6.28. The zero-order valence-corrected chi connectivity index (χ0v) is 17.4. The zero-order chi connectivity index (χ0) is 18.3. The Labute approximate surface area is 150 Å². The first-order valence-electron chi connectivity index (χ1n) is 9.88. The maximum atomic E-state index is 6.70. The molecule has 1 aliphatic rings. The molecule has 1 aliphatic carbocycles.